The number of hydrogen-bond acceptors (Lipinski definition) is 2. The van der Waals surface area contributed by atoms with Crippen molar-refractivity contribution < 1.29 is 4.74 Å². The van der Waals surface area contributed by atoms with E-state index in [0.717, 1.165) is 11.1 Å². The number of benzene rings is 1. The van der Waals surface area contributed by atoms with Crippen LogP contribution in [-0.4, -0.2) is 10.7 Å². The third-order valence-corrected chi connectivity index (χ3v) is 2.44. The highest BCUT2D eigenvalue weighted by atomic mass is 16.5. The summed E-state index contributed by atoms with van der Waals surface area (Å²) in [4.78, 5) is 11.9. The first-order chi connectivity index (χ1) is 7.59. The molecule has 0 atom stereocenters. The first kappa shape index (κ1) is 10.7. The average Bonchev–Trinajstić information content (AvgIpc) is 2.23. The molecule has 0 unspecified atom stereocenters. The molecule has 0 aliphatic rings. The van der Waals surface area contributed by atoms with Crippen molar-refractivity contribution in [2.45, 2.75) is 20.0 Å². The molecule has 0 radical (unpaired) electrons. The molecule has 3 heteroatoms. The molecular weight excluding hydrogens is 202 g/mol. The molecule has 1 aromatic carbocycles. The lowest BCUT2D eigenvalue weighted by atomic mass is 10.1. The third kappa shape index (κ3) is 1.81. The van der Waals surface area contributed by atoms with E-state index in [1.807, 2.05) is 38.1 Å². The van der Waals surface area contributed by atoms with Crippen LogP contribution >= 0.6 is 0 Å². The summed E-state index contributed by atoms with van der Waals surface area (Å²) in [6.45, 7) is 3.94. The number of aryl methyl sites for hydroxylation is 1. The van der Waals surface area contributed by atoms with Gasteiger partial charge in [-0.2, -0.15) is 0 Å². The quantitative estimate of drug-likeness (QED) is 0.773. The molecule has 0 spiro atoms. The van der Waals surface area contributed by atoms with E-state index in [2.05, 4.69) is 0 Å². The van der Waals surface area contributed by atoms with E-state index in [1.165, 1.54) is 0 Å². The molecule has 0 fully saturated rings. The summed E-state index contributed by atoms with van der Waals surface area (Å²) in [6.07, 6.45) is 1.87. The smallest absolute Gasteiger partial charge is 0.258 e. The SMILES string of the molecule is CC(C)Oc1cccc2c(=O)n(C)ccc12. The van der Waals surface area contributed by atoms with Gasteiger partial charge in [-0.1, -0.05) is 6.07 Å². The molecule has 2 rings (SSSR count). The van der Waals surface area contributed by atoms with Crippen molar-refractivity contribution in [3.05, 3.63) is 40.8 Å². The second kappa shape index (κ2) is 4.00. The summed E-state index contributed by atoms with van der Waals surface area (Å²) >= 11 is 0. The zero-order valence-corrected chi connectivity index (χ0v) is 9.73. The molecule has 84 valence electrons. The van der Waals surface area contributed by atoms with Gasteiger partial charge in [-0.3, -0.25) is 4.79 Å². The third-order valence-electron chi connectivity index (χ3n) is 2.44. The van der Waals surface area contributed by atoms with E-state index in [4.69, 9.17) is 4.74 Å². The van der Waals surface area contributed by atoms with Gasteiger partial charge in [0, 0.05) is 18.6 Å². The number of hydrogen-bond donors (Lipinski definition) is 0. The lowest BCUT2D eigenvalue weighted by Crippen LogP contribution is -2.16. The Labute approximate surface area is 94.3 Å². The molecule has 2 aromatic rings. The van der Waals surface area contributed by atoms with E-state index in [1.54, 1.807) is 17.8 Å². The number of nitrogens with zero attached hydrogens (tertiary/aromatic N) is 1. The Morgan fingerprint density at radius 2 is 1.94 bits per heavy atom. The highest BCUT2D eigenvalue weighted by Crippen LogP contribution is 2.23. The number of pyridine rings is 1. The largest absolute Gasteiger partial charge is 0.490 e. The Hall–Kier alpha value is -1.77. The van der Waals surface area contributed by atoms with Crippen LogP contribution in [0.1, 0.15) is 13.8 Å². The molecule has 0 aliphatic heterocycles. The summed E-state index contributed by atoms with van der Waals surface area (Å²) in [5.41, 5.74) is 0.00621. The van der Waals surface area contributed by atoms with Crippen LogP contribution in [0.4, 0.5) is 0 Å². The number of fused-ring (bicyclic) bond motifs is 1. The minimum Gasteiger partial charge on any atom is -0.490 e. The van der Waals surface area contributed by atoms with Crippen LogP contribution in [0.25, 0.3) is 10.8 Å². The van der Waals surface area contributed by atoms with Crippen LogP contribution in [0.5, 0.6) is 5.75 Å². The molecule has 1 heterocycles. The lowest BCUT2D eigenvalue weighted by Gasteiger charge is -2.12. The van der Waals surface area contributed by atoms with Crippen molar-refractivity contribution in [1.82, 2.24) is 4.57 Å². The summed E-state index contributed by atoms with van der Waals surface area (Å²) in [6, 6.07) is 7.47. The second-order valence-electron chi connectivity index (χ2n) is 4.12. The van der Waals surface area contributed by atoms with Gasteiger partial charge in [0.05, 0.1) is 11.5 Å². The van der Waals surface area contributed by atoms with Crippen molar-refractivity contribution in [3.8, 4) is 5.75 Å². The van der Waals surface area contributed by atoms with Crippen LogP contribution in [0.2, 0.25) is 0 Å². The maximum absolute atomic E-state index is 11.9. The molecule has 0 bridgehead atoms. The standard InChI is InChI=1S/C13H15NO2/c1-9(2)16-12-6-4-5-11-10(12)7-8-14(3)13(11)15/h4-9H,1-3H3. The van der Waals surface area contributed by atoms with Crippen LogP contribution in [0.3, 0.4) is 0 Å². The fourth-order valence-electron chi connectivity index (χ4n) is 1.70. The van der Waals surface area contributed by atoms with Gasteiger partial charge in [0.25, 0.3) is 5.56 Å². The Bertz CT molecular complexity index is 570. The minimum absolute atomic E-state index is 0.00621. The van der Waals surface area contributed by atoms with Crippen LogP contribution in [0.15, 0.2) is 35.3 Å². The van der Waals surface area contributed by atoms with Crippen molar-refractivity contribution in [1.29, 1.82) is 0 Å². The van der Waals surface area contributed by atoms with Crippen LogP contribution in [-0.2, 0) is 7.05 Å². The van der Waals surface area contributed by atoms with Gasteiger partial charge in [0.1, 0.15) is 5.75 Å². The second-order valence-corrected chi connectivity index (χ2v) is 4.12. The molecule has 0 saturated carbocycles. The van der Waals surface area contributed by atoms with Crippen molar-refractivity contribution >= 4 is 10.8 Å². The van der Waals surface area contributed by atoms with Gasteiger partial charge in [0.2, 0.25) is 0 Å². The summed E-state index contributed by atoms with van der Waals surface area (Å²) in [7, 11) is 1.75. The fraction of sp³-hybridized carbons (Fsp3) is 0.308. The van der Waals surface area contributed by atoms with Crippen LogP contribution < -0.4 is 10.3 Å². The highest BCUT2D eigenvalue weighted by molar-refractivity contribution is 5.87. The number of ether oxygens (including phenoxy) is 1. The lowest BCUT2D eigenvalue weighted by molar-refractivity contribution is 0.245. The monoisotopic (exact) mass is 217 g/mol. The van der Waals surface area contributed by atoms with Gasteiger partial charge in [-0.25, -0.2) is 0 Å². The summed E-state index contributed by atoms with van der Waals surface area (Å²) in [5.74, 6) is 0.769. The van der Waals surface area contributed by atoms with Gasteiger partial charge in [0.15, 0.2) is 0 Å². The Morgan fingerprint density at radius 3 is 2.62 bits per heavy atom. The Kier molecular flexibility index (Phi) is 2.69. The van der Waals surface area contributed by atoms with Gasteiger partial charge < -0.3 is 9.30 Å². The van der Waals surface area contributed by atoms with E-state index >= 15 is 0 Å². The summed E-state index contributed by atoms with van der Waals surface area (Å²) < 4.78 is 7.25. The van der Waals surface area contributed by atoms with Gasteiger partial charge >= 0.3 is 0 Å². The predicted octanol–water partition coefficient (Wildman–Crippen LogP) is 2.33. The topological polar surface area (TPSA) is 31.2 Å². The van der Waals surface area contributed by atoms with E-state index < -0.39 is 0 Å². The average molecular weight is 217 g/mol. The zero-order valence-electron chi connectivity index (χ0n) is 9.73. The molecule has 1 aromatic heterocycles. The van der Waals surface area contributed by atoms with Crippen LogP contribution in [0, 0.1) is 0 Å². The minimum atomic E-state index is 0.00621. The van der Waals surface area contributed by atoms with E-state index in [9.17, 15) is 4.79 Å². The first-order valence-electron chi connectivity index (χ1n) is 5.34. The van der Waals surface area contributed by atoms with E-state index in [0.29, 0.717) is 5.39 Å². The normalized spacial score (nSPS) is 11.0. The number of aromatic nitrogens is 1. The predicted molar refractivity (Wildman–Crippen MR) is 65.0 cm³/mol. The highest BCUT2D eigenvalue weighted by Gasteiger charge is 2.06. The molecule has 0 saturated heterocycles. The molecular formula is C13H15NO2. The zero-order chi connectivity index (χ0) is 11.7. The number of rotatable bonds is 2. The molecule has 0 amide bonds. The maximum atomic E-state index is 11.9. The Balaban J connectivity index is 2.70. The molecule has 0 N–H and O–H groups in total. The van der Waals surface area contributed by atoms with Crippen molar-refractivity contribution in [2.24, 2.45) is 7.05 Å². The first-order valence-corrected chi connectivity index (χ1v) is 5.34. The summed E-state index contributed by atoms with van der Waals surface area (Å²) in [5, 5.41) is 1.57. The molecule has 3 nitrogen and oxygen atoms in total. The van der Waals surface area contributed by atoms with Crippen molar-refractivity contribution in [2.75, 3.05) is 0 Å². The Morgan fingerprint density at radius 1 is 1.19 bits per heavy atom. The van der Waals surface area contributed by atoms with Gasteiger partial charge in [-0.05, 0) is 32.0 Å². The maximum Gasteiger partial charge on any atom is 0.258 e. The van der Waals surface area contributed by atoms with Crippen molar-refractivity contribution in [3.63, 3.8) is 0 Å². The molecule has 0 aliphatic carbocycles. The molecule has 16 heavy (non-hydrogen) atoms. The fourth-order valence-corrected chi connectivity index (χ4v) is 1.70. The van der Waals surface area contributed by atoms with E-state index in [-0.39, 0.29) is 11.7 Å². The van der Waals surface area contributed by atoms with Gasteiger partial charge in [-0.15, -0.1) is 0 Å².